The third kappa shape index (κ3) is 5.30. The minimum atomic E-state index is -3.46. The van der Waals surface area contributed by atoms with Crippen molar-refractivity contribution < 1.29 is 18.3 Å². The smallest absolute Gasteiger partial charge is 0.240 e. The van der Waals surface area contributed by atoms with E-state index in [-0.39, 0.29) is 31.3 Å². The van der Waals surface area contributed by atoms with E-state index in [1.807, 2.05) is 0 Å². The molecule has 5 nitrogen and oxygen atoms in total. The normalized spacial score (nSPS) is 11.6. The predicted octanol–water partition coefficient (Wildman–Crippen LogP) is 0.578. The van der Waals surface area contributed by atoms with E-state index in [9.17, 15) is 8.42 Å². The second-order valence-corrected chi connectivity index (χ2v) is 6.20. The fraction of sp³-hybridized carbons (Fsp3) is 0.400. The largest absolute Gasteiger partial charge is 0.394 e. The molecule has 0 aliphatic rings. The van der Waals surface area contributed by atoms with Crippen molar-refractivity contribution in [1.29, 1.82) is 0 Å². The van der Waals surface area contributed by atoms with Gasteiger partial charge in [-0.15, -0.1) is 0 Å². The van der Waals surface area contributed by atoms with Gasteiger partial charge in [-0.05, 0) is 46.9 Å². The number of aliphatic hydroxyl groups is 1. The molecular formula is C10H14INO4S. The molecule has 1 rings (SSSR count). The van der Waals surface area contributed by atoms with Crippen LogP contribution in [0, 0.1) is 3.57 Å². The first kappa shape index (κ1) is 14.8. The van der Waals surface area contributed by atoms with Gasteiger partial charge < -0.3 is 9.84 Å². The Bertz CT molecular complexity index is 432. The summed E-state index contributed by atoms with van der Waals surface area (Å²) in [4.78, 5) is 0.236. The van der Waals surface area contributed by atoms with Gasteiger partial charge in [0.2, 0.25) is 10.0 Å². The summed E-state index contributed by atoms with van der Waals surface area (Å²) in [5.41, 5.74) is 0. The number of sulfonamides is 1. The highest BCUT2D eigenvalue weighted by atomic mass is 127. The molecule has 2 N–H and O–H groups in total. The first-order chi connectivity index (χ1) is 8.06. The Morgan fingerprint density at radius 2 is 1.88 bits per heavy atom. The van der Waals surface area contributed by atoms with Gasteiger partial charge in [-0.3, -0.25) is 0 Å². The zero-order valence-corrected chi connectivity index (χ0v) is 12.1. The number of hydrogen-bond donors (Lipinski definition) is 2. The minimum Gasteiger partial charge on any atom is -0.394 e. The van der Waals surface area contributed by atoms with Crippen LogP contribution in [0.4, 0.5) is 0 Å². The molecule has 0 aliphatic heterocycles. The Hall–Kier alpha value is -0.220. The third-order valence-corrected chi connectivity index (χ3v) is 4.09. The van der Waals surface area contributed by atoms with Crippen molar-refractivity contribution in [2.24, 2.45) is 0 Å². The standard InChI is InChI=1S/C10H14INO4S/c11-9-1-3-10(4-2-9)17(14,15)12-5-7-16-8-6-13/h1-4,12-13H,5-8H2. The topological polar surface area (TPSA) is 75.6 Å². The highest BCUT2D eigenvalue weighted by Crippen LogP contribution is 2.11. The Morgan fingerprint density at radius 3 is 2.47 bits per heavy atom. The zero-order chi connectivity index (χ0) is 12.7. The van der Waals surface area contributed by atoms with Crippen molar-refractivity contribution in [2.75, 3.05) is 26.4 Å². The zero-order valence-electron chi connectivity index (χ0n) is 9.10. The number of rotatable bonds is 7. The molecule has 0 spiro atoms. The van der Waals surface area contributed by atoms with Crippen LogP contribution in [-0.4, -0.2) is 39.9 Å². The lowest BCUT2D eigenvalue weighted by Crippen LogP contribution is -2.27. The molecule has 1 aromatic carbocycles. The van der Waals surface area contributed by atoms with E-state index in [2.05, 4.69) is 27.3 Å². The molecule has 0 bridgehead atoms. The molecule has 96 valence electrons. The summed E-state index contributed by atoms with van der Waals surface area (Å²) in [5.74, 6) is 0. The maximum atomic E-state index is 11.8. The number of hydrogen-bond acceptors (Lipinski definition) is 4. The van der Waals surface area contributed by atoms with Crippen LogP contribution in [0.1, 0.15) is 0 Å². The second kappa shape index (κ2) is 7.27. The van der Waals surface area contributed by atoms with E-state index in [0.717, 1.165) is 3.57 Å². The van der Waals surface area contributed by atoms with E-state index in [1.54, 1.807) is 24.3 Å². The van der Waals surface area contributed by atoms with E-state index in [1.165, 1.54) is 0 Å². The van der Waals surface area contributed by atoms with Crippen LogP contribution in [0.3, 0.4) is 0 Å². The molecular weight excluding hydrogens is 357 g/mol. The average Bonchev–Trinajstić information content (AvgIpc) is 2.29. The van der Waals surface area contributed by atoms with E-state index in [4.69, 9.17) is 9.84 Å². The Labute approximate surface area is 114 Å². The van der Waals surface area contributed by atoms with Crippen LogP contribution < -0.4 is 4.72 Å². The van der Waals surface area contributed by atoms with E-state index < -0.39 is 10.0 Å². The monoisotopic (exact) mass is 371 g/mol. The molecule has 0 saturated carbocycles. The summed E-state index contributed by atoms with van der Waals surface area (Å²) < 4.78 is 31.9. The van der Waals surface area contributed by atoms with Gasteiger partial charge in [-0.1, -0.05) is 0 Å². The van der Waals surface area contributed by atoms with E-state index >= 15 is 0 Å². The number of ether oxygens (including phenoxy) is 1. The first-order valence-corrected chi connectivity index (χ1v) is 7.56. The van der Waals surface area contributed by atoms with Gasteiger partial charge in [0.25, 0.3) is 0 Å². The Balaban J connectivity index is 2.48. The summed E-state index contributed by atoms with van der Waals surface area (Å²) in [5, 5.41) is 8.47. The average molecular weight is 371 g/mol. The van der Waals surface area contributed by atoms with Gasteiger partial charge in [0.05, 0.1) is 24.7 Å². The molecule has 0 aliphatic carbocycles. The lowest BCUT2D eigenvalue weighted by molar-refractivity contribution is 0.0961. The highest BCUT2D eigenvalue weighted by molar-refractivity contribution is 14.1. The predicted molar refractivity (Wildman–Crippen MR) is 72.3 cm³/mol. The minimum absolute atomic E-state index is 0.0656. The lowest BCUT2D eigenvalue weighted by atomic mass is 10.4. The second-order valence-electron chi connectivity index (χ2n) is 3.19. The fourth-order valence-electron chi connectivity index (χ4n) is 1.11. The molecule has 17 heavy (non-hydrogen) atoms. The number of benzene rings is 1. The summed E-state index contributed by atoms with van der Waals surface area (Å²) in [6.45, 7) is 0.577. The summed E-state index contributed by atoms with van der Waals surface area (Å²) >= 11 is 2.11. The van der Waals surface area contributed by atoms with Crippen LogP contribution in [0.15, 0.2) is 29.2 Å². The van der Waals surface area contributed by atoms with Crippen molar-refractivity contribution in [2.45, 2.75) is 4.90 Å². The molecule has 0 aromatic heterocycles. The van der Waals surface area contributed by atoms with Crippen LogP contribution in [0.2, 0.25) is 0 Å². The van der Waals surface area contributed by atoms with Gasteiger partial charge in [-0.2, -0.15) is 0 Å². The van der Waals surface area contributed by atoms with Gasteiger partial charge in [-0.25, -0.2) is 13.1 Å². The Morgan fingerprint density at radius 1 is 1.24 bits per heavy atom. The molecule has 0 radical (unpaired) electrons. The maximum Gasteiger partial charge on any atom is 0.240 e. The molecule has 7 heteroatoms. The van der Waals surface area contributed by atoms with Crippen molar-refractivity contribution in [3.8, 4) is 0 Å². The Kier molecular flexibility index (Phi) is 6.34. The fourth-order valence-corrected chi connectivity index (χ4v) is 2.48. The number of nitrogens with one attached hydrogen (secondary N) is 1. The summed E-state index contributed by atoms with van der Waals surface area (Å²) in [6.07, 6.45) is 0. The van der Waals surface area contributed by atoms with Crippen molar-refractivity contribution in [1.82, 2.24) is 4.72 Å². The molecule has 0 atom stereocenters. The van der Waals surface area contributed by atoms with Crippen molar-refractivity contribution in [3.05, 3.63) is 27.8 Å². The van der Waals surface area contributed by atoms with Gasteiger partial charge in [0.15, 0.2) is 0 Å². The molecule has 0 saturated heterocycles. The van der Waals surface area contributed by atoms with Crippen LogP contribution in [-0.2, 0) is 14.8 Å². The van der Waals surface area contributed by atoms with Crippen LogP contribution in [0.5, 0.6) is 0 Å². The molecule has 1 aromatic rings. The quantitative estimate of drug-likeness (QED) is 0.543. The van der Waals surface area contributed by atoms with Crippen molar-refractivity contribution in [3.63, 3.8) is 0 Å². The van der Waals surface area contributed by atoms with Crippen LogP contribution >= 0.6 is 22.6 Å². The van der Waals surface area contributed by atoms with Gasteiger partial charge in [0.1, 0.15) is 0 Å². The first-order valence-electron chi connectivity index (χ1n) is 5.00. The van der Waals surface area contributed by atoms with Gasteiger partial charge in [0, 0.05) is 10.1 Å². The number of aliphatic hydroxyl groups excluding tert-OH is 1. The van der Waals surface area contributed by atoms with Gasteiger partial charge >= 0.3 is 0 Å². The SMILES string of the molecule is O=S(=O)(NCCOCCO)c1ccc(I)cc1. The molecule has 0 fully saturated rings. The molecule has 0 heterocycles. The van der Waals surface area contributed by atoms with Crippen LogP contribution in [0.25, 0.3) is 0 Å². The lowest BCUT2D eigenvalue weighted by Gasteiger charge is -2.07. The third-order valence-electron chi connectivity index (χ3n) is 1.90. The summed E-state index contributed by atoms with van der Waals surface area (Å²) in [7, 11) is -3.46. The number of halogens is 1. The van der Waals surface area contributed by atoms with Crippen molar-refractivity contribution >= 4 is 32.6 Å². The molecule has 0 amide bonds. The molecule has 0 unspecified atom stereocenters. The highest BCUT2D eigenvalue weighted by Gasteiger charge is 2.12. The summed E-state index contributed by atoms with van der Waals surface area (Å²) in [6, 6.07) is 6.58. The van der Waals surface area contributed by atoms with E-state index in [0.29, 0.717) is 0 Å². The maximum absolute atomic E-state index is 11.8.